The van der Waals surface area contributed by atoms with Gasteiger partial charge in [0, 0.05) is 0 Å². The number of ether oxygens (including phenoxy) is 1. The second-order valence-corrected chi connectivity index (χ2v) is 35.7. The summed E-state index contributed by atoms with van der Waals surface area (Å²) in [6.45, 7) is 0. The van der Waals surface area contributed by atoms with E-state index >= 15 is 0 Å². The van der Waals surface area contributed by atoms with E-state index in [1.807, 2.05) is 12.2 Å². The van der Waals surface area contributed by atoms with Gasteiger partial charge in [-0.2, -0.15) is 0 Å². The van der Waals surface area contributed by atoms with Crippen molar-refractivity contribution in [2.24, 2.45) is 0 Å². The van der Waals surface area contributed by atoms with Gasteiger partial charge in [-0.15, -0.1) is 0 Å². The molecule has 0 N–H and O–H groups in total. The van der Waals surface area contributed by atoms with Crippen molar-refractivity contribution in [2.45, 2.75) is 22.0 Å². The number of halogens is 6. The molecule has 0 fully saturated rings. The Morgan fingerprint density at radius 3 is 2.12 bits per heavy atom. The zero-order chi connectivity index (χ0) is 12.6. The van der Waals surface area contributed by atoms with Crippen molar-refractivity contribution >= 4 is 81.0 Å². The van der Waals surface area contributed by atoms with E-state index in [4.69, 9.17) is 64.8 Å². The quantitative estimate of drug-likeness (QED) is 0.422. The summed E-state index contributed by atoms with van der Waals surface area (Å²) in [6.07, 6.45) is 4.96. The minimum atomic E-state index is -3.59. The second-order valence-electron chi connectivity index (χ2n) is 3.67. The molecule has 0 aromatic carbocycles. The van der Waals surface area contributed by atoms with Crippen LogP contribution in [0.5, 0.6) is 0 Å². The molecular weight excluding hydrogens is 458 g/mol. The van der Waals surface area contributed by atoms with Crippen molar-refractivity contribution in [3.8, 4) is 0 Å². The first kappa shape index (κ1) is 16.6. The molecule has 0 bridgehead atoms. The molecule has 0 heterocycles. The Bertz CT molecular complexity index is 286. The molecule has 0 aromatic rings. The Morgan fingerprint density at radius 2 is 1.75 bits per heavy atom. The third-order valence-electron chi connectivity index (χ3n) is 2.66. The zero-order valence-electron chi connectivity index (χ0n) is 8.32. The first-order valence-corrected chi connectivity index (χ1v) is 23.3. The normalized spacial score (nSPS) is 31.8. The van der Waals surface area contributed by atoms with Crippen molar-refractivity contribution in [3.63, 3.8) is 0 Å². The molecule has 1 rings (SSSR count). The monoisotopic (exact) mass is 468 g/mol. The number of hydrogen-bond acceptors (Lipinski definition) is 1. The SMILES string of the molecule is CO[C]1([Ge]([Cl])([Cl])[Cl])C=CC[CH]([Ge]([Cl])([Cl])[Cl])C1. The summed E-state index contributed by atoms with van der Waals surface area (Å²) in [4.78, 5) is 0. The van der Waals surface area contributed by atoms with Crippen LogP contribution in [0.2, 0.25) is 4.75 Å². The Balaban J connectivity index is 2.99. The fourth-order valence-corrected chi connectivity index (χ4v) is 12.6. The second kappa shape index (κ2) is 5.88. The standard InChI is InChI=1S/C7H10Cl6Ge2O/c1-16-7(15(11,12)13)4-2-3-6(5-7)14(8,9)10/h2,4,6H,3,5H2,1H3. The predicted octanol–water partition coefficient (Wildman–Crippen LogP) is 4.94. The van der Waals surface area contributed by atoms with Gasteiger partial charge in [0.1, 0.15) is 0 Å². The molecule has 0 aromatic heterocycles. The molecule has 0 saturated carbocycles. The van der Waals surface area contributed by atoms with E-state index in [2.05, 4.69) is 0 Å². The molecule has 0 saturated heterocycles. The van der Waals surface area contributed by atoms with E-state index in [9.17, 15) is 0 Å². The van der Waals surface area contributed by atoms with Crippen molar-refractivity contribution in [1.82, 2.24) is 0 Å². The van der Waals surface area contributed by atoms with Gasteiger partial charge in [0.25, 0.3) is 0 Å². The Hall–Kier alpha value is 2.53. The van der Waals surface area contributed by atoms with Gasteiger partial charge < -0.3 is 0 Å². The van der Waals surface area contributed by atoms with Crippen molar-refractivity contribution in [2.75, 3.05) is 7.11 Å². The molecular formula is C7H10Cl6Ge2O. The fourth-order valence-electron chi connectivity index (χ4n) is 1.67. The van der Waals surface area contributed by atoms with Gasteiger partial charge in [0.2, 0.25) is 0 Å². The van der Waals surface area contributed by atoms with Crippen LogP contribution in [-0.2, 0) is 4.74 Å². The third-order valence-corrected chi connectivity index (χ3v) is 18.5. The fraction of sp³-hybridized carbons (Fsp3) is 0.714. The first-order valence-electron chi connectivity index (χ1n) is 4.49. The molecule has 9 heteroatoms. The maximum absolute atomic E-state index is 6.12. The molecule has 0 spiro atoms. The summed E-state index contributed by atoms with van der Waals surface area (Å²) < 4.78 is 4.59. The Labute approximate surface area is 125 Å². The molecule has 1 nitrogen and oxygen atoms in total. The van der Waals surface area contributed by atoms with Gasteiger partial charge in [0.05, 0.1) is 0 Å². The minimum absolute atomic E-state index is 0.0174. The van der Waals surface area contributed by atoms with Crippen molar-refractivity contribution < 1.29 is 4.74 Å². The third kappa shape index (κ3) is 3.77. The first-order chi connectivity index (χ1) is 7.12. The van der Waals surface area contributed by atoms with Crippen LogP contribution in [-0.4, -0.2) is 32.5 Å². The van der Waals surface area contributed by atoms with E-state index in [1.165, 1.54) is 7.11 Å². The van der Waals surface area contributed by atoms with Crippen LogP contribution < -0.4 is 0 Å². The summed E-state index contributed by atoms with van der Waals surface area (Å²) in [7, 11) is 31.2. The van der Waals surface area contributed by atoms with Crippen LogP contribution in [0.3, 0.4) is 0 Å². The van der Waals surface area contributed by atoms with Gasteiger partial charge in [-0.05, 0) is 0 Å². The van der Waals surface area contributed by atoms with Crippen LogP contribution in [0.1, 0.15) is 12.8 Å². The topological polar surface area (TPSA) is 9.23 Å². The van der Waals surface area contributed by atoms with Gasteiger partial charge in [-0.3, -0.25) is 0 Å². The summed E-state index contributed by atoms with van der Waals surface area (Å²) in [5, 5.41) is 0. The molecule has 16 heavy (non-hydrogen) atoms. The summed E-state index contributed by atoms with van der Waals surface area (Å²) >= 11 is 0. The van der Waals surface area contributed by atoms with Crippen LogP contribution in [0.25, 0.3) is 0 Å². The van der Waals surface area contributed by atoms with Crippen LogP contribution in [0.4, 0.5) is 0 Å². The number of allylic oxidation sites excluding steroid dienone is 1. The van der Waals surface area contributed by atoms with Crippen molar-refractivity contribution in [1.29, 1.82) is 0 Å². The zero-order valence-corrected chi connectivity index (χ0v) is 17.1. The summed E-state index contributed by atoms with van der Waals surface area (Å²) in [6, 6.07) is 0. The summed E-state index contributed by atoms with van der Waals surface area (Å²) in [5.41, 5.74) is 0. The molecule has 1 aliphatic rings. The van der Waals surface area contributed by atoms with Gasteiger partial charge in [0.15, 0.2) is 0 Å². The molecule has 2 unspecified atom stereocenters. The van der Waals surface area contributed by atoms with Gasteiger partial charge >= 0.3 is 127 Å². The molecule has 0 radical (unpaired) electrons. The number of hydrogen-bond donors (Lipinski definition) is 0. The Morgan fingerprint density at radius 1 is 1.19 bits per heavy atom. The van der Waals surface area contributed by atoms with Gasteiger partial charge in [-0.25, -0.2) is 0 Å². The van der Waals surface area contributed by atoms with Crippen molar-refractivity contribution in [3.05, 3.63) is 12.2 Å². The number of rotatable bonds is 3. The predicted molar refractivity (Wildman–Crippen MR) is 78.5 cm³/mol. The van der Waals surface area contributed by atoms with E-state index in [-0.39, 0.29) is 4.75 Å². The van der Waals surface area contributed by atoms with E-state index < -0.39 is 25.4 Å². The molecule has 94 valence electrons. The summed E-state index contributed by atoms with van der Waals surface area (Å²) in [5.74, 6) is 0. The maximum atomic E-state index is 6.12. The molecule has 0 aliphatic heterocycles. The van der Waals surface area contributed by atoms with E-state index in [0.717, 1.165) is 6.42 Å². The molecule has 0 amide bonds. The van der Waals surface area contributed by atoms with Crippen LogP contribution in [0, 0.1) is 0 Å². The van der Waals surface area contributed by atoms with E-state index in [0.29, 0.717) is 6.42 Å². The van der Waals surface area contributed by atoms with Crippen LogP contribution in [0.15, 0.2) is 12.2 Å². The number of methoxy groups -OCH3 is 1. The average Bonchev–Trinajstić information content (AvgIpc) is 2.15. The van der Waals surface area contributed by atoms with E-state index in [1.54, 1.807) is 0 Å². The van der Waals surface area contributed by atoms with Gasteiger partial charge in [-0.1, -0.05) is 0 Å². The molecule has 1 aliphatic carbocycles. The average molecular weight is 468 g/mol. The Kier molecular flexibility index (Phi) is 6.10. The molecule has 2 atom stereocenters. The van der Waals surface area contributed by atoms with Crippen LogP contribution >= 0.6 is 60.1 Å².